The maximum Gasteiger partial charge on any atom is 0.191 e. The Bertz CT molecular complexity index is 304. The highest BCUT2D eigenvalue weighted by atomic mass is 16.5. The lowest BCUT2D eigenvalue weighted by atomic mass is 10.1. The second-order valence-electron chi connectivity index (χ2n) is 6.55. The van der Waals surface area contributed by atoms with Gasteiger partial charge >= 0.3 is 0 Å². The van der Waals surface area contributed by atoms with Crippen LogP contribution in [-0.4, -0.2) is 63.3 Å². The van der Waals surface area contributed by atoms with Crippen LogP contribution >= 0.6 is 0 Å². The number of likely N-dealkylation sites (tertiary alicyclic amines) is 1. The van der Waals surface area contributed by atoms with Crippen molar-refractivity contribution in [3.8, 4) is 0 Å². The quantitative estimate of drug-likeness (QED) is 0.307. The predicted molar refractivity (Wildman–Crippen MR) is 104 cm³/mol. The first-order chi connectivity index (χ1) is 11.9. The van der Waals surface area contributed by atoms with Gasteiger partial charge in [-0.15, -0.1) is 0 Å². The van der Waals surface area contributed by atoms with Gasteiger partial charge in [0.2, 0.25) is 0 Å². The van der Waals surface area contributed by atoms with Crippen molar-refractivity contribution in [1.82, 2.24) is 15.5 Å². The summed E-state index contributed by atoms with van der Waals surface area (Å²) in [5.74, 6) is 0.963. The Morgan fingerprint density at radius 1 is 0.958 bits per heavy atom. The van der Waals surface area contributed by atoms with Gasteiger partial charge in [-0.05, 0) is 72.0 Å². The molecule has 0 saturated carbocycles. The van der Waals surface area contributed by atoms with Crippen LogP contribution in [0.25, 0.3) is 0 Å². The minimum absolute atomic E-state index is 0.815. The molecule has 0 aliphatic carbocycles. The van der Waals surface area contributed by atoms with Crippen LogP contribution in [0.2, 0.25) is 0 Å². The first kappa shape index (κ1) is 21.2. The molecule has 5 heteroatoms. The molecule has 1 saturated heterocycles. The van der Waals surface area contributed by atoms with Gasteiger partial charge in [-0.1, -0.05) is 12.8 Å². The third-order valence-corrected chi connectivity index (χ3v) is 4.41. The van der Waals surface area contributed by atoms with E-state index in [4.69, 9.17) is 4.74 Å². The molecular formula is C19H40N4O. The smallest absolute Gasteiger partial charge is 0.191 e. The molecule has 1 aliphatic rings. The minimum atomic E-state index is 0.815. The van der Waals surface area contributed by atoms with Crippen molar-refractivity contribution in [1.29, 1.82) is 0 Å². The van der Waals surface area contributed by atoms with E-state index in [9.17, 15) is 0 Å². The van der Waals surface area contributed by atoms with Crippen molar-refractivity contribution in [3.63, 3.8) is 0 Å². The predicted octanol–water partition coefficient (Wildman–Crippen LogP) is 3.01. The molecule has 142 valence electrons. The topological polar surface area (TPSA) is 48.9 Å². The maximum absolute atomic E-state index is 5.36. The molecule has 5 nitrogen and oxygen atoms in total. The van der Waals surface area contributed by atoms with Gasteiger partial charge in [0.25, 0.3) is 0 Å². The lowest BCUT2D eigenvalue weighted by molar-refractivity contribution is 0.143. The van der Waals surface area contributed by atoms with Crippen molar-refractivity contribution < 1.29 is 4.74 Å². The van der Waals surface area contributed by atoms with Gasteiger partial charge in [-0.25, -0.2) is 0 Å². The first-order valence-corrected chi connectivity index (χ1v) is 10.2. The Labute approximate surface area is 149 Å². The van der Waals surface area contributed by atoms with E-state index in [0.29, 0.717) is 0 Å². The highest BCUT2D eigenvalue weighted by Gasteiger charge is 2.08. The van der Waals surface area contributed by atoms with Gasteiger partial charge in [0.1, 0.15) is 0 Å². The van der Waals surface area contributed by atoms with Gasteiger partial charge in [0, 0.05) is 32.8 Å². The molecule has 0 unspecified atom stereocenters. The number of guanidine groups is 1. The van der Waals surface area contributed by atoms with Crippen LogP contribution in [0, 0.1) is 0 Å². The Balaban J connectivity index is 2.02. The summed E-state index contributed by atoms with van der Waals surface area (Å²) in [6.45, 7) is 12.6. The number of piperidine rings is 1. The molecule has 0 atom stereocenters. The maximum atomic E-state index is 5.36. The zero-order valence-corrected chi connectivity index (χ0v) is 16.1. The van der Waals surface area contributed by atoms with E-state index in [1.807, 2.05) is 6.92 Å². The summed E-state index contributed by atoms with van der Waals surface area (Å²) < 4.78 is 5.36. The Hall–Kier alpha value is -0.810. The summed E-state index contributed by atoms with van der Waals surface area (Å²) >= 11 is 0. The fourth-order valence-corrected chi connectivity index (χ4v) is 3.02. The molecule has 0 aromatic rings. The van der Waals surface area contributed by atoms with Crippen LogP contribution in [0.1, 0.15) is 65.2 Å². The summed E-state index contributed by atoms with van der Waals surface area (Å²) in [6, 6.07) is 0. The van der Waals surface area contributed by atoms with E-state index in [0.717, 1.165) is 51.6 Å². The largest absolute Gasteiger partial charge is 0.382 e. The normalized spacial score (nSPS) is 16.3. The third kappa shape index (κ3) is 11.7. The monoisotopic (exact) mass is 340 g/mol. The molecule has 24 heavy (non-hydrogen) atoms. The average Bonchev–Trinajstić information content (AvgIpc) is 2.61. The number of hydrogen-bond donors (Lipinski definition) is 2. The number of nitrogens with one attached hydrogen (secondary N) is 2. The first-order valence-electron chi connectivity index (χ1n) is 10.2. The highest BCUT2D eigenvalue weighted by Crippen LogP contribution is 2.09. The van der Waals surface area contributed by atoms with Crippen molar-refractivity contribution in [3.05, 3.63) is 0 Å². The van der Waals surface area contributed by atoms with Crippen molar-refractivity contribution in [2.75, 3.05) is 52.5 Å². The fourth-order valence-electron chi connectivity index (χ4n) is 3.02. The Morgan fingerprint density at radius 3 is 2.54 bits per heavy atom. The molecule has 0 amide bonds. The molecule has 0 aromatic carbocycles. The molecular weight excluding hydrogens is 300 g/mol. The zero-order valence-electron chi connectivity index (χ0n) is 16.1. The van der Waals surface area contributed by atoms with E-state index >= 15 is 0 Å². The van der Waals surface area contributed by atoms with Gasteiger partial charge in [-0.2, -0.15) is 0 Å². The van der Waals surface area contributed by atoms with E-state index < -0.39 is 0 Å². The number of hydrogen-bond acceptors (Lipinski definition) is 3. The summed E-state index contributed by atoms with van der Waals surface area (Å²) in [5.41, 5.74) is 0. The van der Waals surface area contributed by atoms with Gasteiger partial charge in [0.05, 0.1) is 0 Å². The van der Waals surface area contributed by atoms with Gasteiger partial charge in [-0.3, -0.25) is 4.99 Å². The van der Waals surface area contributed by atoms with Crippen LogP contribution < -0.4 is 10.6 Å². The van der Waals surface area contributed by atoms with Gasteiger partial charge in [0.15, 0.2) is 5.96 Å². The molecule has 1 fully saturated rings. The molecule has 0 spiro atoms. The molecule has 0 aromatic heterocycles. The lowest BCUT2D eigenvalue weighted by Crippen LogP contribution is -2.38. The molecule has 1 rings (SSSR count). The average molecular weight is 341 g/mol. The summed E-state index contributed by atoms with van der Waals surface area (Å²) in [7, 11) is 0. The molecule has 1 aliphatic heterocycles. The second kappa shape index (κ2) is 15.7. The standard InChI is InChI=1S/C19H40N4O/c1-3-20-19(22-14-8-12-18-24-4-2)21-13-7-5-9-15-23-16-10-6-11-17-23/h3-18H2,1-2H3,(H2,20,21,22). The van der Waals surface area contributed by atoms with Crippen LogP contribution in [0.15, 0.2) is 4.99 Å². The minimum Gasteiger partial charge on any atom is -0.382 e. The van der Waals surface area contributed by atoms with Crippen molar-refractivity contribution in [2.45, 2.75) is 65.2 Å². The van der Waals surface area contributed by atoms with E-state index in [1.54, 1.807) is 0 Å². The number of ether oxygens (including phenoxy) is 1. The van der Waals surface area contributed by atoms with E-state index in [2.05, 4.69) is 27.4 Å². The zero-order chi connectivity index (χ0) is 17.3. The number of unbranched alkanes of at least 4 members (excludes halogenated alkanes) is 3. The van der Waals surface area contributed by atoms with Gasteiger partial charge < -0.3 is 20.3 Å². The lowest BCUT2D eigenvalue weighted by Gasteiger charge is -2.26. The van der Waals surface area contributed by atoms with Crippen molar-refractivity contribution in [2.24, 2.45) is 4.99 Å². The highest BCUT2D eigenvalue weighted by molar-refractivity contribution is 5.79. The molecule has 1 heterocycles. The number of nitrogens with zero attached hydrogens (tertiary/aromatic N) is 2. The van der Waals surface area contributed by atoms with E-state index in [1.165, 1.54) is 58.2 Å². The SMILES string of the molecule is CCNC(=NCCCCCN1CCCCC1)NCCCCOCC. The second-order valence-corrected chi connectivity index (χ2v) is 6.55. The molecule has 0 bridgehead atoms. The van der Waals surface area contributed by atoms with E-state index in [-0.39, 0.29) is 0 Å². The summed E-state index contributed by atoms with van der Waals surface area (Å²) in [6.07, 6.45) is 10.2. The molecule has 2 N–H and O–H groups in total. The summed E-state index contributed by atoms with van der Waals surface area (Å²) in [5, 5.41) is 6.74. The molecule has 0 radical (unpaired) electrons. The Morgan fingerprint density at radius 2 is 1.79 bits per heavy atom. The third-order valence-electron chi connectivity index (χ3n) is 4.41. The van der Waals surface area contributed by atoms with Crippen LogP contribution in [0.5, 0.6) is 0 Å². The van der Waals surface area contributed by atoms with Crippen LogP contribution in [0.4, 0.5) is 0 Å². The van der Waals surface area contributed by atoms with Crippen LogP contribution in [-0.2, 0) is 4.74 Å². The van der Waals surface area contributed by atoms with Crippen LogP contribution in [0.3, 0.4) is 0 Å². The number of rotatable bonds is 13. The van der Waals surface area contributed by atoms with Crippen molar-refractivity contribution >= 4 is 5.96 Å². The number of aliphatic imine (C=N–C) groups is 1. The summed E-state index contributed by atoms with van der Waals surface area (Å²) in [4.78, 5) is 7.31. The fraction of sp³-hybridized carbons (Fsp3) is 0.947. The Kier molecular flexibility index (Phi) is 13.9.